The molecule has 0 radical (unpaired) electrons. The fourth-order valence-corrected chi connectivity index (χ4v) is 2.66. The Morgan fingerprint density at radius 1 is 1.35 bits per heavy atom. The number of nitrogens with zero attached hydrogens (tertiary/aromatic N) is 3. The first-order valence-electron chi connectivity index (χ1n) is 8.28. The standard InChI is InChI=1S/C17H29N3O3/c1-14-18-8-11-19(14)12-13-22-17(5)6-9-20(10-7-17)15(21)23-16(2,3)4/h8,11H,6-7,9-10,12-13H2,1-5H3. The molecule has 23 heavy (non-hydrogen) atoms. The van der Waals surface area contributed by atoms with E-state index in [0.717, 1.165) is 25.2 Å². The molecule has 0 spiro atoms. The number of piperidine rings is 1. The summed E-state index contributed by atoms with van der Waals surface area (Å²) in [5.74, 6) is 0.999. The second-order valence-electron chi connectivity index (χ2n) is 7.43. The molecule has 130 valence electrons. The van der Waals surface area contributed by atoms with E-state index in [9.17, 15) is 4.79 Å². The number of amides is 1. The lowest BCUT2D eigenvalue weighted by molar-refractivity contribution is -0.0747. The van der Waals surface area contributed by atoms with Crippen molar-refractivity contribution < 1.29 is 14.3 Å². The molecule has 6 heteroatoms. The molecule has 0 N–H and O–H groups in total. The summed E-state index contributed by atoms with van der Waals surface area (Å²) in [5.41, 5.74) is -0.621. The van der Waals surface area contributed by atoms with Crippen molar-refractivity contribution in [2.24, 2.45) is 0 Å². The Bertz CT molecular complexity index is 525. The van der Waals surface area contributed by atoms with Gasteiger partial charge in [-0.1, -0.05) is 0 Å². The van der Waals surface area contributed by atoms with Gasteiger partial charge in [0.15, 0.2) is 0 Å². The van der Waals surface area contributed by atoms with E-state index in [1.807, 2.05) is 33.9 Å². The molecule has 1 aromatic rings. The van der Waals surface area contributed by atoms with Crippen LogP contribution in [0.1, 0.15) is 46.4 Å². The third kappa shape index (κ3) is 5.23. The molecule has 0 saturated carbocycles. The third-order valence-corrected chi connectivity index (χ3v) is 4.18. The molecule has 6 nitrogen and oxygen atoms in total. The first kappa shape index (κ1) is 17.8. The fraction of sp³-hybridized carbons (Fsp3) is 0.765. The third-order valence-electron chi connectivity index (χ3n) is 4.18. The van der Waals surface area contributed by atoms with Crippen LogP contribution in [0.5, 0.6) is 0 Å². The van der Waals surface area contributed by atoms with E-state index in [4.69, 9.17) is 9.47 Å². The Balaban J connectivity index is 1.76. The van der Waals surface area contributed by atoms with E-state index in [1.54, 1.807) is 11.1 Å². The molecule has 0 aromatic carbocycles. The van der Waals surface area contributed by atoms with Crippen molar-refractivity contribution >= 4 is 6.09 Å². The van der Waals surface area contributed by atoms with Crippen LogP contribution in [0, 0.1) is 6.92 Å². The molecule has 0 unspecified atom stereocenters. The van der Waals surface area contributed by atoms with Crippen LogP contribution in [0.2, 0.25) is 0 Å². The lowest BCUT2D eigenvalue weighted by Gasteiger charge is -2.39. The first-order chi connectivity index (χ1) is 10.7. The summed E-state index contributed by atoms with van der Waals surface area (Å²) in [6.45, 7) is 12.6. The van der Waals surface area contributed by atoms with E-state index in [2.05, 4.69) is 16.5 Å². The summed E-state index contributed by atoms with van der Waals surface area (Å²) in [6.07, 6.45) is 5.20. The number of hydrogen-bond acceptors (Lipinski definition) is 4. The summed E-state index contributed by atoms with van der Waals surface area (Å²) in [7, 11) is 0. The van der Waals surface area contributed by atoms with Crippen LogP contribution in [-0.4, -0.2) is 51.4 Å². The van der Waals surface area contributed by atoms with Crippen LogP contribution < -0.4 is 0 Å². The SMILES string of the molecule is Cc1nccn1CCOC1(C)CCN(C(=O)OC(C)(C)C)CC1. The van der Waals surface area contributed by atoms with Crippen molar-refractivity contribution in [3.8, 4) is 0 Å². The van der Waals surface area contributed by atoms with E-state index < -0.39 is 5.60 Å². The summed E-state index contributed by atoms with van der Waals surface area (Å²) in [6, 6.07) is 0. The molecule has 0 bridgehead atoms. The van der Waals surface area contributed by atoms with Gasteiger partial charge in [-0.3, -0.25) is 0 Å². The molecule has 0 aliphatic carbocycles. The number of hydrogen-bond donors (Lipinski definition) is 0. The summed E-state index contributed by atoms with van der Waals surface area (Å²) in [5, 5.41) is 0. The van der Waals surface area contributed by atoms with Crippen molar-refractivity contribution in [1.82, 2.24) is 14.5 Å². The van der Waals surface area contributed by atoms with E-state index in [1.165, 1.54) is 0 Å². The Morgan fingerprint density at radius 3 is 2.52 bits per heavy atom. The predicted octanol–water partition coefficient (Wildman–Crippen LogP) is 3.00. The van der Waals surface area contributed by atoms with E-state index in [0.29, 0.717) is 19.7 Å². The van der Waals surface area contributed by atoms with Gasteiger partial charge in [-0.15, -0.1) is 0 Å². The van der Waals surface area contributed by atoms with Gasteiger partial charge < -0.3 is 18.9 Å². The van der Waals surface area contributed by atoms with Crippen LogP contribution >= 0.6 is 0 Å². The summed E-state index contributed by atoms with van der Waals surface area (Å²) >= 11 is 0. The van der Waals surface area contributed by atoms with Gasteiger partial charge in [0.2, 0.25) is 0 Å². The van der Waals surface area contributed by atoms with Crippen molar-refractivity contribution in [2.75, 3.05) is 19.7 Å². The molecule has 1 aliphatic rings. The van der Waals surface area contributed by atoms with Crippen molar-refractivity contribution in [1.29, 1.82) is 0 Å². The average molecular weight is 323 g/mol. The zero-order chi connectivity index (χ0) is 17.1. The molecule has 0 atom stereocenters. The van der Waals surface area contributed by atoms with Gasteiger partial charge in [0.25, 0.3) is 0 Å². The Kier molecular flexibility index (Phi) is 5.34. The maximum atomic E-state index is 12.1. The van der Waals surface area contributed by atoms with Gasteiger partial charge in [0, 0.05) is 32.0 Å². The number of carbonyl (C=O) groups is 1. The van der Waals surface area contributed by atoms with Crippen molar-refractivity contribution in [2.45, 2.75) is 65.2 Å². The second kappa shape index (κ2) is 6.91. The molecule has 1 aliphatic heterocycles. The predicted molar refractivity (Wildman–Crippen MR) is 88.4 cm³/mol. The molecule has 2 heterocycles. The van der Waals surface area contributed by atoms with Crippen LogP contribution in [0.4, 0.5) is 4.79 Å². The van der Waals surface area contributed by atoms with Crippen LogP contribution in [0.15, 0.2) is 12.4 Å². The lowest BCUT2D eigenvalue weighted by atomic mass is 9.93. The fourth-order valence-electron chi connectivity index (χ4n) is 2.66. The molecule has 1 saturated heterocycles. The number of aryl methyl sites for hydroxylation is 1. The zero-order valence-corrected chi connectivity index (χ0v) is 15.0. The van der Waals surface area contributed by atoms with Gasteiger partial charge in [-0.05, 0) is 47.5 Å². The summed E-state index contributed by atoms with van der Waals surface area (Å²) in [4.78, 5) is 18.1. The number of aromatic nitrogens is 2. The smallest absolute Gasteiger partial charge is 0.410 e. The van der Waals surface area contributed by atoms with Gasteiger partial charge >= 0.3 is 6.09 Å². The molecule has 1 fully saturated rings. The molecular weight excluding hydrogens is 294 g/mol. The number of ether oxygens (including phenoxy) is 2. The Hall–Kier alpha value is -1.56. The average Bonchev–Trinajstić information content (AvgIpc) is 2.83. The van der Waals surface area contributed by atoms with Crippen molar-refractivity contribution in [3.63, 3.8) is 0 Å². The number of likely N-dealkylation sites (tertiary alicyclic amines) is 1. The highest BCUT2D eigenvalue weighted by atomic mass is 16.6. The second-order valence-corrected chi connectivity index (χ2v) is 7.43. The lowest BCUT2D eigenvalue weighted by Crippen LogP contribution is -2.48. The topological polar surface area (TPSA) is 56.6 Å². The highest BCUT2D eigenvalue weighted by Crippen LogP contribution is 2.26. The minimum atomic E-state index is -0.447. The van der Waals surface area contributed by atoms with Gasteiger partial charge in [-0.2, -0.15) is 0 Å². The monoisotopic (exact) mass is 323 g/mol. The van der Waals surface area contributed by atoms with Gasteiger partial charge in [-0.25, -0.2) is 9.78 Å². The quantitative estimate of drug-likeness (QED) is 0.855. The Labute approximate surface area is 138 Å². The number of rotatable bonds is 4. The van der Waals surface area contributed by atoms with E-state index >= 15 is 0 Å². The number of imidazole rings is 1. The largest absolute Gasteiger partial charge is 0.444 e. The van der Waals surface area contributed by atoms with Crippen LogP contribution in [0.3, 0.4) is 0 Å². The minimum absolute atomic E-state index is 0.174. The van der Waals surface area contributed by atoms with Crippen LogP contribution in [0.25, 0.3) is 0 Å². The summed E-state index contributed by atoms with van der Waals surface area (Å²) < 4.78 is 13.6. The molecule has 1 aromatic heterocycles. The van der Waals surface area contributed by atoms with Gasteiger partial charge in [0.05, 0.1) is 12.2 Å². The van der Waals surface area contributed by atoms with Gasteiger partial charge in [0.1, 0.15) is 11.4 Å². The minimum Gasteiger partial charge on any atom is -0.444 e. The van der Waals surface area contributed by atoms with Crippen molar-refractivity contribution in [3.05, 3.63) is 18.2 Å². The molecule has 1 amide bonds. The molecular formula is C17H29N3O3. The highest BCUT2D eigenvalue weighted by molar-refractivity contribution is 5.68. The highest BCUT2D eigenvalue weighted by Gasteiger charge is 2.34. The maximum Gasteiger partial charge on any atom is 0.410 e. The maximum absolute atomic E-state index is 12.1. The first-order valence-corrected chi connectivity index (χ1v) is 8.28. The van der Waals surface area contributed by atoms with E-state index in [-0.39, 0.29) is 11.7 Å². The zero-order valence-electron chi connectivity index (χ0n) is 15.0. The van der Waals surface area contributed by atoms with Crippen LogP contribution in [-0.2, 0) is 16.0 Å². The normalized spacial score (nSPS) is 18.0. The Morgan fingerprint density at radius 2 is 2.00 bits per heavy atom. The molecule has 2 rings (SSSR count). The number of carbonyl (C=O) groups excluding carboxylic acids is 1.